The van der Waals surface area contributed by atoms with Crippen LogP contribution in [0, 0.1) is 0 Å². The Kier molecular flexibility index (Phi) is 6.28. The molecule has 0 amide bonds. The highest BCUT2D eigenvalue weighted by Gasteiger charge is 2.20. The Morgan fingerprint density at radius 3 is 2.67 bits per heavy atom. The van der Waals surface area contributed by atoms with Crippen LogP contribution in [0.5, 0.6) is 5.75 Å². The van der Waals surface area contributed by atoms with Gasteiger partial charge in [0.15, 0.2) is 0 Å². The number of benzene rings is 2. The van der Waals surface area contributed by atoms with Crippen molar-refractivity contribution in [1.82, 2.24) is 10.0 Å². The minimum absolute atomic E-state index is 0. The van der Waals surface area contributed by atoms with Gasteiger partial charge in [-0.2, -0.15) is 0 Å². The van der Waals surface area contributed by atoms with Crippen LogP contribution in [0.1, 0.15) is 16.7 Å². The monoisotopic (exact) mass is 432 g/mol. The van der Waals surface area contributed by atoms with Gasteiger partial charge in [0.25, 0.3) is 0 Å². The predicted molar refractivity (Wildman–Crippen MR) is 99.0 cm³/mol. The maximum absolute atomic E-state index is 12.5. The lowest BCUT2D eigenvalue weighted by molar-refractivity contribution is 0.402. The van der Waals surface area contributed by atoms with E-state index in [1.807, 2.05) is 18.2 Å². The Morgan fingerprint density at radius 1 is 1.17 bits per heavy atom. The molecule has 0 atom stereocenters. The summed E-state index contributed by atoms with van der Waals surface area (Å²) in [6, 6.07) is 10.9. The molecule has 130 valence electrons. The molecule has 8 heteroatoms. The lowest BCUT2D eigenvalue weighted by Gasteiger charge is -2.11. The Balaban J connectivity index is 0.00000208. The first-order chi connectivity index (χ1) is 11.0. The Hall–Kier alpha value is -1.12. The first-order valence-corrected chi connectivity index (χ1v) is 9.42. The maximum Gasteiger partial charge on any atom is 0.244 e. The molecule has 1 heterocycles. The maximum atomic E-state index is 12.5. The van der Waals surface area contributed by atoms with Crippen LogP contribution in [0.25, 0.3) is 0 Å². The third-order valence-corrected chi connectivity index (χ3v) is 5.70. The fourth-order valence-electron chi connectivity index (χ4n) is 2.57. The summed E-state index contributed by atoms with van der Waals surface area (Å²) in [4.78, 5) is 0.122. The third-order valence-electron chi connectivity index (χ3n) is 3.78. The second kappa shape index (κ2) is 7.84. The molecule has 2 N–H and O–H groups in total. The van der Waals surface area contributed by atoms with Crippen LogP contribution >= 0.6 is 28.3 Å². The number of methoxy groups -OCH3 is 1. The standard InChI is InChI=1S/C16H17BrN2O3S.ClH/c1-22-15-5-4-14(17)7-16(15)23(20,21)19-8-11-2-3-12-9-18-10-13(12)6-11;/h2-7,18-19H,8-10H2,1H3;1H. The van der Waals surface area contributed by atoms with E-state index in [1.54, 1.807) is 12.1 Å². The van der Waals surface area contributed by atoms with Crippen molar-refractivity contribution in [3.8, 4) is 5.75 Å². The summed E-state index contributed by atoms with van der Waals surface area (Å²) >= 11 is 3.29. The molecule has 1 aliphatic heterocycles. The number of sulfonamides is 1. The highest BCUT2D eigenvalue weighted by molar-refractivity contribution is 9.10. The van der Waals surface area contributed by atoms with Crippen LogP contribution in [0.15, 0.2) is 45.8 Å². The van der Waals surface area contributed by atoms with E-state index in [9.17, 15) is 8.42 Å². The molecule has 0 fully saturated rings. The van der Waals surface area contributed by atoms with Gasteiger partial charge in [0.1, 0.15) is 10.6 Å². The number of nitrogens with one attached hydrogen (secondary N) is 2. The number of rotatable bonds is 5. The molecule has 2 aromatic carbocycles. The number of hydrogen-bond donors (Lipinski definition) is 2. The molecule has 1 aliphatic rings. The second-order valence-electron chi connectivity index (χ2n) is 5.33. The predicted octanol–water partition coefficient (Wildman–Crippen LogP) is 2.96. The molecule has 0 aliphatic carbocycles. The quantitative estimate of drug-likeness (QED) is 0.761. The topological polar surface area (TPSA) is 67.4 Å². The molecule has 2 aromatic rings. The van der Waals surface area contributed by atoms with E-state index in [4.69, 9.17) is 4.74 Å². The molecule has 3 rings (SSSR count). The summed E-state index contributed by atoms with van der Waals surface area (Å²) in [7, 11) is -2.20. The number of fused-ring (bicyclic) bond motifs is 1. The third kappa shape index (κ3) is 4.10. The van der Waals surface area contributed by atoms with Crippen LogP contribution in [0.4, 0.5) is 0 Å². The van der Waals surface area contributed by atoms with Crippen LogP contribution < -0.4 is 14.8 Å². The van der Waals surface area contributed by atoms with Crippen molar-refractivity contribution in [3.63, 3.8) is 0 Å². The molecular weight excluding hydrogens is 416 g/mol. The van der Waals surface area contributed by atoms with Crippen molar-refractivity contribution in [1.29, 1.82) is 0 Å². The smallest absolute Gasteiger partial charge is 0.244 e. The van der Waals surface area contributed by atoms with Gasteiger partial charge >= 0.3 is 0 Å². The average molecular weight is 434 g/mol. The zero-order valence-corrected chi connectivity index (χ0v) is 16.2. The summed E-state index contributed by atoms with van der Waals surface area (Å²) in [5.41, 5.74) is 3.43. The summed E-state index contributed by atoms with van der Waals surface area (Å²) in [5.74, 6) is 0.318. The van der Waals surface area contributed by atoms with Crippen molar-refractivity contribution >= 4 is 38.4 Å². The number of ether oxygens (including phenoxy) is 1. The zero-order chi connectivity index (χ0) is 16.4. The first kappa shape index (κ1) is 19.2. The lowest BCUT2D eigenvalue weighted by Crippen LogP contribution is -2.23. The molecule has 0 spiro atoms. The fraction of sp³-hybridized carbons (Fsp3) is 0.250. The number of halogens is 2. The molecule has 0 saturated carbocycles. The van der Waals surface area contributed by atoms with Gasteiger partial charge < -0.3 is 10.1 Å². The molecule has 0 saturated heterocycles. The van der Waals surface area contributed by atoms with Gasteiger partial charge in [-0.1, -0.05) is 34.1 Å². The van der Waals surface area contributed by atoms with E-state index in [-0.39, 0.29) is 23.8 Å². The van der Waals surface area contributed by atoms with E-state index >= 15 is 0 Å². The van der Waals surface area contributed by atoms with Gasteiger partial charge in [-0.05, 0) is 34.9 Å². The minimum Gasteiger partial charge on any atom is -0.495 e. The van der Waals surface area contributed by atoms with Gasteiger partial charge in [-0.25, -0.2) is 13.1 Å². The van der Waals surface area contributed by atoms with Crippen LogP contribution in [0.2, 0.25) is 0 Å². The van der Waals surface area contributed by atoms with Gasteiger partial charge in [0, 0.05) is 24.1 Å². The van der Waals surface area contributed by atoms with Crippen LogP contribution in [0.3, 0.4) is 0 Å². The molecule has 5 nitrogen and oxygen atoms in total. The van der Waals surface area contributed by atoms with Crippen molar-refractivity contribution < 1.29 is 13.2 Å². The minimum atomic E-state index is -3.66. The normalized spacial score (nSPS) is 13.2. The first-order valence-electron chi connectivity index (χ1n) is 7.14. The van der Waals surface area contributed by atoms with E-state index in [1.165, 1.54) is 24.3 Å². The highest BCUT2D eigenvalue weighted by Crippen LogP contribution is 2.27. The second-order valence-corrected chi connectivity index (χ2v) is 7.98. The van der Waals surface area contributed by atoms with Gasteiger partial charge in [0.2, 0.25) is 10.0 Å². The zero-order valence-electron chi connectivity index (χ0n) is 13.0. The lowest BCUT2D eigenvalue weighted by atomic mass is 10.1. The van der Waals surface area contributed by atoms with Crippen molar-refractivity contribution in [2.75, 3.05) is 7.11 Å². The molecule has 0 bridgehead atoms. The van der Waals surface area contributed by atoms with Crippen LogP contribution in [-0.4, -0.2) is 15.5 Å². The van der Waals surface area contributed by atoms with Gasteiger partial charge in [-0.3, -0.25) is 0 Å². The summed E-state index contributed by atoms with van der Waals surface area (Å²) < 4.78 is 33.6. The van der Waals surface area contributed by atoms with E-state index < -0.39 is 10.0 Å². The Labute approximate surface area is 156 Å². The summed E-state index contributed by atoms with van der Waals surface area (Å²) in [5, 5.41) is 3.27. The van der Waals surface area contributed by atoms with Gasteiger partial charge in [-0.15, -0.1) is 12.4 Å². The fourth-order valence-corrected chi connectivity index (χ4v) is 4.30. The van der Waals surface area contributed by atoms with Crippen molar-refractivity contribution in [2.45, 2.75) is 24.5 Å². The Bertz CT molecular complexity index is 843. The molecular formula is C16H18BrClN2O3S. The van der Waals surface area contributed by atoms with Crippen molar-refractivity contribution in [2.24, 2.45) is 0 Å². The molecule has 24 heavy (non-hydrogen) atoms. The Morgan fingerprint density at radius 2 is 1.92 bits per heavy atom. The molecule has 0 aromatic heterocycles. The largest absolute Gasteiger partial charge is 0.495 e. The van der Waals surface area contributed by atoms with Crippen LogP contribution in [-0.2, 0) is 29.7 Å². The van der Waals surface area contributed by atoms with E-state index in [0.29, 0.717) is 10.2 Å². The molecule has 0 unspecified atom stereocenters. The summed E-state index contributed by atoms with van der Waals surface area (Å²) in [6.45, 7) is 1.94. The van der Waals surface area contributed by atoms with E-state index in [2.05, 4.69) is 26.0 Å². The average Bonchev–Trinajstić information content (AvgIpc) is 3.00. The summed E-state index contributed by atoms with van der Waals surface area (Å²) in [6.07, 6.45) is 0. The van der Waals surface area contributed by atoms with Crippen molar-refractivity contribution in [3.05, 3.63) is 57.6 Å². The van der Waals surface area contributed by atoms with E-state index in [0.717, 1.165) is 18.7 Å². The highest BCUT2D eigenvalue weighted by atomic mass is 79.9. The number of hydrogen-bond acceptors (Lipinski definition) is 4. The molecule has 0 radical (unpaired) electrons. The SMILES string of the molecule is COc1ccc(Br)cc1S(=O)(=O)NCc1ccc2c(c1)CNC2.Cl. The van der Waals surface area contributed by atoms with Gasteiger partial charge in [0.05, 0.1) is 7.11 Å².